The van der Waals surface area contributed by atoms with Crippen molar-refractivity contribution in [2.45, 2.75) is 64.1 Å². The van der Waals surface area contributed by atoms with Crippen LogP contribution in [0.1, 0.15) is 55.3 Å². The van der Waals surface area contributed by atoms with Crippen LogP contribution in [0.4, 0.5) is 0 Å². The van der Waals surface area contributed by atoms with Crippen molar-refractivity contribution < 1.29 is 14.3 Å². The lowest BCUT2D eigenvalue weighted by atomic mass is 10.1. The quantitative estimate of drug-likeness (QED) is 0.363. The molecule has 33 heavy (non-hydrogen) atoms. The van der Waals surface area contributed by atoms with Gasteiger partial charge in [-0.1, -0.05) is 25.0 Å². The fourth-order valence-electron chi connectivity index (χ4n) is 4.27. The van der Waals surface area contributed by atoms with Crippen LogP contribution in [0.3, 0.4) is 0 Å². The number of rotatable bonds is 9. The molecule has 4 rings (SSSR count). The molecule has 1 aromatic carbocycles. The third kappa shape index (κ3) is 6.81. The van der Waals surface area contributed by atoms with Crippen LogP contribution in [-0.2, 0) is 24.3 Å². The molecule has 0 radical (unpaired) electrons. The Labute approximate surface area is 200 Å². The molecule has 2 heterocycles. The highest BCUT2D eigenvalue weighted by Gasteiger charge is 2.19. The fourth-order valence-corrected chi connectivity index (χ4v) is 4.94. The maximum Gasteiger partial charge on any atom is 0.227 e. The van der Waals surface area contributed by atoms with Gasteiger partial charge >= 0.3 is 0 Å². The second-order valence-corrected chi connectivity index (χ2v) is 9.38. The predicted molar refractivity (Wildman–Crippen MR) is 132 cm³/mol. The van der Waals surface area contributed by atoms with Gasteiger partial charge in [-0.05, 0) is 77.9 Å². The molecule has 1 saturated carbocycles. The molecule has 0 spiro atoms. The molecule has 0 unspecified atom stereocenters. The number of aromatic nitrogens is 1. The monoisotopic (exact) mass is 464 g/mol. The number of ether oxygens (including phenoxy) is 2. The summed E-state index contributed by atoms with van der Waals surface area (Å²) in [6, 6.07) is 13.8. The normalized spacial score (nSPS) is 14.5. The highest BCUT2D eigenvalue weighted by molar-refractivity contribution is 7.08. The van der Waals surface area contributed by atoms with Gasteiger partial charge in [0.25, 0.3) is 0 Å². The molecule has 1 fully saturated rings. The molecule has 0 atom stereocenters. The van der Waals surface area contributed by atoms with Crippen molar-refractivity contribution in [2.75, 3.05) is 7.11 Å². The first-order valence-corrected chi connectivity index (χ1v) is 12.7. The maximum atomic E-state index is 13.2. The van der Waals surface area contributed by atoms with E-state index in [0.717, 1.165) is 41.2 Å². The van der Waals surface area contributed by atoms with Crippen LogP contribution < -0.4 is 9.47 Å². The van der Waals surface area contributed by atoms with Crippen molar-refractivity contribution in [3.8, 4) is 11.5 Å². The van der Waals surface area contributed by atoms with Crippen molar-refractivity contribution in [3.63, 3.8) is 0 Å². The van der Waals surface area contributed by atoms with E-state index in [0.29, 0.717) is 19.5 Å². The third-order valence-corrected chi connectivity index (χ3v) is 6.80. The number of thiophene rings is 1. The van der Waals surface area contributed by atoms with Gasteiger partial charge in [0.15, 0.2) is 11.5 Å². The highest BCUT2D eigenvalue weighted by Crippen LogP contribution is 2.32. The smallest absolute Gasteiger partial charge is 0.227 e. The topological polar surface area (TPSA) is 51.7 Å². The van der Waals surface area contributed by atoms with E-state index in [1.54, 1.807) is 24.6 Å². The summed E-state index contributed by atoms with van der Waals surface area (Å²) in [6.45, 7) is 0.950. The van der Waals surface area contributed by atoms with Crippen molar-refractivity contribution in [2.24, 2.45) is 0 Å². The van der Waals surface area contributed by atoms with E-state index in [1.165, 1.54) is 25.7 Å². The van der Waals surface area contributed by atoms with Gasteiger partial charge in [-0.15, -0.1) is 0 Å². The number of carbonyl (C=O) groups is 1. The molecular formula is C27H32N2O3S. The maximum absolute atomic E-state index is 13.2. The lowest BCUT2D eigenvalue weighted by Gasteiger charge is -2.24. The molecule has 5 nitrogen and oxygen atoms in total. The number of benzene rings is 1. The van der Waals surface area contributed by atoms with Crippen molar-refractivity contribution >= 4 is 17.2 Å². The Morgan fingerprint density at radius 3 is 2.58 bits per heavy atom. The Balaban J connectivity index is 1.49. The highest BCUT2D eigenvalue weighted by atomic mass is 32.1. The van der Waals surface area contributed by atoms with Gasteiger partial charge in [0, 0.05) is 12.7 Å². The first kappa shape index (κ1) is 23.3. The number of carbonyl (C=O) groups excluding carboxylic acids is 1. The minimum atomic E-state index is 0.0804. The van der Waals surface area contributed by atoms with Crippen LogP contribution in [0.15, 0.2) is 59.4 Å². The average molecular weight is 465 g/mol. The zero-order valence-electron chi connectivity index (χ0n) is 19.2. The lowest BCUT2D eigenvalue weighted by molar-refractivity contribution is -0.131. The van der Waals surface area contributed by atoms with Crippen LogP contribution in [0.2, 0.25) is 0 Å². The summed E-state index contributed by atoms with van der Waals surface area (Å²) >= 11 is 1.61. The summed E-state index contributed by atoms with van der Waals surface area (Å²) in [4.78, 5) is 19.5. The number of pyridine rings is 1. The number of methoxy groups -OCH3 is 1. The molecular weight excluding hydrogens is 432 g/mol. The molecule has 1 aliphatic rings. The van der Waals surface area contributed by atoms with Crippen LogP contribution >= 0.6 is 11.3 Å². The van der Waals surface area contributed by atoms with E-state index < -0.39 is 0 Å². The largest absolute Gasteiger partial charge is 0.493 e. The molecule has 1 aliphatic carbocycles. The first-order valence-electron chi connectivity index (χ1n) is 11.7. The van der Waals surface area contributed by atoms with E-state index in [1.807, 2.05) is 58.1 Å². The van der Waals surface area contributed by atoms with Gasteiger partial charge in [0.2, 0.25) is 5.91 Å². The predicted octanol–water partition coefficient (Wildman–Crippen LogP) is 6.02. The molecule has 0 saturated heterocycles. The molecule has 6 heteroatoms. The molecule has 174 valence electrons. The van der Waals surface area contributed by atoms with Crippen LogP contribution in [0, 0.1) is 0 Å². The van der Waals surface area contributed by atoms with E-state index in [4.69, 9.17) is 9.47 Å². The molecule has 0 N–H and O–H groups in total. The summed E-state index contributed by atoms with van der Waals surface area (Å²) in [6.07, 6.45) is 9.62. The Morgan fingerprint density at radius 1 is 1.03 bits per heavy atom. The second kappa shape index (κ2) is 11.8. The van der Waals surface area contributed by atoms with Crippen molar-refractivity contribution in [1.82, 2.24) is 9.88 Å². The Hall–Kier alpha value is -2.86. The molecule has 0 bridgehead atoms. The summed E-state index contributed by atoms with van der Waals surface area (Å²) in [5.74, 6) is 1.59. The van der Waals surface area contributed by atoms with E-state index in [-0.39, 0.29) is 12.0 Å². The van der Waals surface area contributed by atoms with E-state index >= 15 is 0 Å². The minimum absolute atomic E-state index is 0.0804. The van der Waals surface area contributed by atoms with Crippen molar-refractivity contribution in [3.05, 3.63) is 76.2 Å². The van der Waals surface area contributed by atoms with Gasteiger partial charge < -0.3 is 14.4 Å². The van der Waals surface area contributed by atoms with Crippen LogP contribution in [0.25, 0.3) is 0 Å². The number of hydrogen-bond acceptors (Lipinski definition) is 5. The molecule has 3 aromatic rings. The standard InChI is InChI=1S/C27H32N2O3S/c1-31-26-16-21(11-12-25(26)32-24-9-4-2-3-5-10-24)18-29(19-23-8-6-7-14-28-23)27(30)17-22-13-15-33-20-22/h6-8,11-16,20,24H,2-5,9-10,17-19H2,1H3. The van der Waals surface area contributed by atoms with Crippen molar-refractivity contribution in [1.29, 1.82) is 0 Å². The van der Waals surface area contributed by atoms with Gasteiger partial charge in [0.05, 0.1) is 31.9 Å². The lowest BCUT2D eigenvalue weighted by Crippen LogP contribution is -2.31. The summed E-state index contributed by atoms with van der Waals surface area (Å²) in [5, 5.41) is 4.03. The number of hydrogen-bond donors (Lipinski definition) is 0. The van der Waals surface area contributed by atoms with Gasteiger partial charge in [-0.2, -0.15) is 11.3 Å². The fraction of sp³-hybridized carbons (Fsp3) is 0.407. The van der Waals surface area contributed by atoms with E-state index in [9.17, 15) is 4.79 Å². The van der Waals surface area contributed by atoms with Crippen LogP contribution in [0.5, 0.6) is 11.5 Å². The Bertz CT molecular complexity index is 999. The van der Waals surface area contributed by atoms with Gasteiger partial charge in [-0.25, -0.2) is 0 Å². The van der Waals surface area contributed by atoms with Gasteiger partial charge in [-0.3, -0.25) is 9.78 Å². The summed E-state index contributed by atoms with van der Waals surface area (Å²) in [7, 11) is 1.67. The number of amides is 1. The zero-order valence-corrected chi connectivity index (χ0v) is 20.1. The van der Waals surface area contributed by atoms with Gasteiger partial charge in [0.1, 0.15) is 0 Å². The molecule has 0 aliphatic heterocycles. The molecule has 1 amide bonds. The number of nitrogens with zero attached hydrogens (tertiary/aromatic N) is 2. The molecule has 2 aromatic heterocycles. The summed E-state index contributed by atoms with van der Waals surface area (Å²) < 4.78 is 12.0. The Kier molecular flexibility index (Phi) is 8.36. The second-order valence-electron chi connectivity index (χ2n) is 8.60. The van der Waals surface area contributed by atoms with E-state index in [2.05, 4.69) is 4.98 Å². The van der Waals surface area contributed by atoms with Crippen LogP contribution in [-0.4, -0.2) is 29.0 Å². The average Bonchev–Trinajstić information content (AvgIpc) is 3.21. The minimum Gasteiger partial charge on any atom is -0.493 e. The zero-order chi connectivity index (χ0) is 22.9. The summed E-state index contributed by atoms with van der Waals surface area (Å²) in [5.41, 5.74) is 2.92. The SMILES string of the molecule is COc1cc(CN(Cc2ccccn2)C(=O)Cc2ccsc2)ccc1OC1CCCCCC1. The Morgan fingerprint density at radius 2 is 1.88 bits per heavy atom. The third-order valence-electron chi connectivity index (χ3n) is 6.06. The first-order chi connectivity index (χ1) is 16.2.